The topological polar surface area (TPSA) is 80.9 Å². The molecule has 0 bridgehead atoms. The van der Waals surface area contributed by atoms with Crippen LogP contribution in [-0.4, -0.2) is 22.1 Å². The molecule has 1 aromatic rings. The normalized spacial score (nSPS) is 12.1. The largest absolute Gasteiger partial charge is 0.320 e. The van der Waals surface area contributed by atoms with Crippen molar-refractivity contribution in [3.8, 4) is 0 Å². The molecule has 0 radical (unpaired) electrons. The van der Waals surface area contributed by atoms with Crippen LogP contribution < -0.4 is 11.1 Å². The molecule has 0 aliphatic rings. The van der Waals surface area contributed by atoms with Crippen molar-refractivity contribution in [1.29, 1.82) is 0 Å². The van der Waals surface area contributed by atoms with E-state index in [4.69, 9.17) is 5.73 Å². The van der Waals surface area contributed by atoms with Crippen LogP contribution in [0.15, 0.2) is 0 Å². The summed E-state index contributed by atoms with van der Waals surface area (Å²) < 4.78 is 0. The highest BCUT2D eigenvalue weighted by atomic mass is 35.5. The maximum atomic E-state index is 11.6. The summed E-state index contributed by atoms with van der Waals surface area (Å²) in [4.78, 5) is 11.6. The number of aromatic nitrogens is 2. The van der Waals surface area contributed by atoms with Crippen LogP contribution in [0, 0.1) is 0 Å². The molecule has 17 heavy (non-hydrogen) atoms. The molecule has 98 valence electrons. The lowest BCUT2D eigenvalue weighted by molar-refractivity contribution is -0.117. The Morgan fingerprint density at radius 3 is 2.59 bits per heavy atom. The van der Waals surface area contributed by atoms with Gasteiger partial charge in [0.25, 0.3) is 0 Å². The molecule has 1 amide bonds. The second-order valence-electron chi connectivity index (χ2n) is 3.98. The summed E-state index contributed by atoms with van der Waals surface area (Å²) in [6, 6.07) is -0.462. The lowest BCUT2D eigenvalue weighted by atomic mass is 10.2. The zero-order valence-corrected chi connectivity index (χ0v) is 11.9. The van der Waals surface area contributed by atoms with Gasteiger partial charge >= 0.3 is 0 Å². The van der Waals surface area contributed by atoms with E-state index in [2.05, 4.69) is 15.5 Å². The molecule has 3 N–H and O–H groups in total. The SMILES string of the molecule is CCCC(N)C(=O)Nc1nnc(C(C)C)s1.Cl. The zero-order valence-electron chi connectivity index (χ0n) is 10.3. The first-order valence-electron chi connectivity index (χ1n) is 5.44. The number of nitrogens with two attached hydrogens (primary N) is 1. The Bertz CT molecular complexity index is 356. The average Bonchev–Trinajstić information content (AvgIpc) is 2.66. The Hall–Kier alpha value is -0.720. The summed E-state index contributed by atoms with van der Waals surface area (Å²) >= 11 is 1.40. The van der Waals surface area contributed by atoms with E-state index < -0.39 is 6.04 Å². The third-order valence-corrected chi connectivity index (χ3v) is 3.24. The van der Waals surface area contributed by atoms with Crippen molar-refractivity contribution in [2.75, 3.05) is 5.32 Å². The fraction of sp³-hybridized carbons (Fsp3) is 0.700. The predicted octanol–water partition coefficient (Wildman–Crippen LogP) is 2.15. The minimum Gasteiger partial charge on any atom is -0.320 e. The van der Waals surface area contributed by atoms with Crippen LogP contribution >= 0.6 is 23.7 Å². The van der Waals surface area contributed by atoms with Gasteiger partial charge < -0.3 is 5.73 Å². The van der Waals surface area contributed by atoms with Gasteiger partial charge in [-0.3, -0.25) is 10.1 Å². The highest BCUT2D eigenvalue weighted by Crippen LogP contribution is 2.22. The lowest BCUT2D eigenvalue weighted by Crippen LogP contribution is -2.35. The monoisotopic (exact) mass is 278 g/mol. The number of anilines is 1. The molecule has 1 atom stereocenters. The fourth-order valence-electron chi connectivity index (χ4n) is 1.16. The molecule has 5 nitrogen and oxygen atoms in total. The molecule has 1 rings (SSSR count). The zero-order chi connectivity index (χ0) is 12.1. The van der Waals surface area contributed by atoms with Crippen molar-refractivity contribution in [1.82, 2.24) is 10.2 Å². The molecule has 0 spiro atoms. The molecular formula is C10H19ClN4OS. The quantitative estimate of drug-likeness (QED) is 0.865. The van der Waals surface area contributed by atoms with Crippen LogP contribution in [-0.2, 0) is 4.79 Å². The first-order chi connectivity index (χ1) is 7.54. The number of hydrogen-bond donors (Lipinski definition) is 2. The van der Waals surface area contributed by atoms with E-state index in [0.717, 1.165) is 11.4 Å². The lowest BCUT2D eigenvalue weighted by Gasteiger charge is -2.08. The number of rotatable bonds is 5. The second-order valence-corrected chi connectivity index (χ2v) is 4.99. The number of amides is 1. The van der Waals surface area contributed by atoms with Crippen molar-refractivity contribution in [3.63, 3.8) is 0 Å². The van der Waals surface area contributed by atoms with E-state index in [1.54, 1.807) is 0 Å². The van der Waals surface area contributed by atoms with Gasteiger partial charge in [-0.1, -0.05) is 38.5 Å². The van der Waals surface area contributed by atoms with E-state index >= 15 is 0 Å². The highest BCUT2D eigenvalue weighted by Gasteiger charge is 2.15. The van der Waals surface area contributed by atoms with Crippen molar-refractivity contribution >= 4 is 34.8 Å². The third-order valence-electron chi connectivity index (χ3n) is 2.10. The summed E-state index contributed by atoms with van der Waals surface area (Å²) in [7, 11) is 0. The van der Waals surface area contributed by atoms with Crippen LogP contribution in [0.3, 0.4) is 0 Å². The van der Waals surface area contributed by atoms with E-state index in [1.807, 2.05) is 20.8 Å². The Morgan fingerprint density at radius 2 is 2.12 bits per heavy atom. The van der Waals surface area contributed by atoms with E-state index in [9.17, 15) is 4.79 Å². The molecular weight excluding hydrogens is 260 g/mol. The number of carbonyl (C=O) groups excluding carboxylic acids is 1. The number of halogens is 1. The first kappa shape index (κ1) is 16.3. The molecule has 0 saturated heterocycles. The van der Waals surface area contributed by atoms with Crippen LogP contribution in [0.25, 0.3) is 0 Å². The van der Waals surface area contributed by atoms with Gasteiger partial charge in [0.05, 0.1) is 6.04 Å². The molecule has 0 aliphatic heterocycles. The van der Waals surface area contributed by atoms with Gasteiger partial charge in [-0.15, -0.1) is 22.6 Å². The predicted molar refractivity (Wildman–Crippen MR) is 72.8 cm³/mol. The molecule has 1 heterocycles. The third kappa shape index (κ3) is 4.97. The standard InChI is InChI=1S/C10H18N4OS.ClH/c1-4-5-7(11)8(15)12-10-14-13-9(16-10)6(2)3;/h6-7H,4-5,11H2,1-3H3,(H,12,14,15);1H. The highest BCUT2D eigenvalue weighted by molar-refractivity contribution is 7.15. The van der Waals surface area contributed by atoms with Crippen molar-refractivity contribution < 1.29 is 4.79 Å². The van der Waals surface area contributed by atoms with Gasteiger partial charge in [0.1, 0.15) is 5.01 Å². The van der Waals surface area contributed by atoms with Gasteiger partial charge in [-0.05, 0) is 6.42 Å². The number of nitrogens with one attached hydrogen (secondary N) is 1. The number of carbonyl (C=O) groups is 1. The summed E-state index contributed by atoms with van der Waals surface area (Å²) in [5.41, 5.74) is 5.69. The summed E-state index contributed by atoms with van der Waals surface area (Å²) in [5.74, 6) is 0.140. The Kier molecular flexibility index (Phi) is 7.26. The Labute approximate surface area is 112 Å². The molecule has 1 unspecified atom stereocenters. The van der Waals surface area contributed by atoms with Gasteiger partial charge in [0, 0.05) is 5.92 Å². The summed E-state index contributed by atoms with van der Waals surface area (Å²) in [5, 5.41) is 12.0. The smallest absolute Gasteiger partial charge is 0.243 e. The van der Waals surface area contributed by atoms with E-state index in [1.165, 1.54) is 11.3 Å². The second kappa shape index (κ2) is 7.58. The minimum absolute atomic E-state index is 0. The Balaban J connectivity index is 0.00000256. The minimum atomic E-state index is -0.462. The molecule has 0 saturated carbocycles. The van der Waals surface area contributed by atoms with Gasteiger partial charge in [0.15, 0.2) is 0 Å². The van der Waals surface area contributed by atoms with Crippen LogP contribution in [0.5, 0.6) is 0 Å². The first-order valence-corrected chi connectivity index (χ1v) is 6.26. The molecule has 0 aliphatic carbocycles. The maximum absolute atomic E-state index is 11.6. The van der Waals surface area contributed by atoms with Gasteiger partial charge in [-0.25, -0.2) is 0 Å². The summed E-state index contributed by atoms with van der Waals surface area (Å²) in [6.45, 7) is 6.07. The van der Waals surface area contributed by atoms with Crippen LogP contribution in [0.1, 0.15) is 44.5 Å². The van der Waals surface area contributed by atoms with E-state index in [-0.39, 0.29) is 18.3 Å². The van der Waals surface area contributed by atoms with Crippen LogP contribution in [0.4, 0.5) is 5.13 Å². The van der Waals surface area contributed by atoms with Crippen LogP contribution in [0.2, 0.25) is 0 Å². The number of hydrogen-bond acceptors (Lipinski definition) is 5. The van der Waals surface area contributed by atoms with Crippen molar-refractivity contribution in [3.05, 3.63) is 5.01 Å². The molecule has 0 aromatic carbocycles. The molecule has 0 fully saturated rings. The molecule has 1 aromatic heterocycles. The molecule has 7 heteroatoms. The average molecular weight is 279 g/mol. The van der Waals surface area contributed by atoms with E-state index in [0.29, 0.717) is 17.5 Å². The Morgan fingerprint density at radius 1 is 1.47 bits per heavy atom. The van der Waals surface area contributed by atoms with Crippen molar-refractivity contribution in [2.24, 2.45) is 5.73 Å². The van der Waals surface area contributed by atoms with Gasteiger partial charge in [-0.2, -0.15) is 0 Å². The maximum Gasteiger partial charge on any atom is 0.243 e. The fourth-order valence-corrected chi connectivity index (χ4v) is 1.91. The van der Waals surface area contributed by atoms with Gasteiger partial charge in [0.2, 0.25) is 11.0 Å². The van der Waals surface area contributed by atoms with Crippen molar-refractivity contribution in [2.45, 2.75) is 45.6 Å². The number of nitrogens with zero attached hydrogens (tertiary/aromatic N) is 2. The summed E-state index contributed by atoms with van der Waals surface area (Å²) in [6.07, 6.45) is 1.57.